The minimum atomic E-state index is -3.01. The van der Waals surface area contributed by atoms with Crippen LogP contribution < -0.4 is 14.2 Å². The second-order valence-corrected chi connectivity index (χ2v) is 15.4. The van der Waals surface area contributed by atoms with Crippen molar-refractivity contribution < 1.29 is 32.0 Å². The van der Waals surface area contributed by atoms with Gasteiger partial charge in [0.2, 0.25) is 5.75 Å². The van der Waals surface area contributed by atoms with Crippen LogP contribution in [0.2, 0.25) is 0 Å². The average molecular weight is 773 g/mol. The summed E-state index contributed by atoms with van der Waals surface area (Å²) in [5, 5.41) is 0. The first-order chi connectivity index (χ1) is 28.0. The second kappa shape index (κ2) is 16.7. The second-order valence-electron chi connectivity index (χ2n) is 12.7. The number of rotatable bonds is 12. The van der Waals surface area contributed by atoms with Crippen LogP contribution in [0.1, 0.15) is 10.4 Å². The molecule has 5 nitrogen and oxygen atoms in total. The predicted molar refractivity (Wildman–Crippen MR) is 218 cm³/mol. The third-order valence-corrected chi connectivity index (χ3v) is 12.2. The van der Waals surface area contributed by atoms with E-state index in [0.29, 0.717) is 43.1 Å². The molecule has 280 valence electrons. The molecule has 0 aliphatic rings. The topological polar surface area (TPSA) is 54.0 Å². The quantitative estimate of drug-likeness (QED) is 0.124. The molecule has 8 rings (SSSR count). The number of hydrogen-bond donors (Lipinski definition) is 0. The lowest BCUT2D eigenvalue weighted by Gasteiger charge is -2.40. The molecule has 0 amide bonds. The van der Waals surface area contributed by atoms with Gasteiger partial charge in [-0.25, -0.2) is 13.6 Å². The summed E-state index contributed by atoms with van der Waals surface area (Å²) in [6.45, 7) is 0. The maximum atomic E-state index is 15.5. The Hall–Kier alpha value is -7.16. The van der Waals surface area contributed by atoms with E-state index in [4.69, 9.17) is 18.4 Å². The van der Waals surface area contributed by atoms with Crippen molar-refractivity contribution in [2.45, 2.75) is 14.7 Å². The smallest absolute Gasteiger partial charge is 0.350 e. The normalized spacial score (nSPS) is 11.3. The van der Waals surface area contributed by atoms with Gasteiger partial charge in [0.15, 0.2) is 11.5 Å². The van der Waals surface area contributed by atoms with Crippen LogP contribution in [0.25, 0.3) is 11.1 Å². The molecule has 57 heavy (non-hydrogen) atoms. The predicted octanol–water partition coefficient (Wildman–Crippen LogP) is 14.1. The molecule has 0 heterocycles. The van der Waals surface area contributed by atoms with Crippen LogP contribution in [-0.4, -0.2) is 5.97 Å². The van der Waals surface area contributed by atoms with Crippen molar-refractivity contribution in [1.29, 1.82) is 0 Å². The first-order valence-electron chi connectivity index (χ1n) is 18.1. The summed E-state index contributed by atoms with van der Waals surface area (Å²) >= 11 is 0. The third kappa shape index (κ3) is 7.99. The Morgan fingerprint density at radius 3 is 1.28 bits per heavy atom. The Bertz CT molecular complexity index is 2530. The van der Waals surface area contributed by atoms with Crippen molar-refractivity contribution in [1.82, 2.24) is 0 Å². The molecule has 0 saturated carbocycles. The minimum Gasteiger partial charge on any atom is -0.453 e. The van der Waals surface area contributed by atoms with Gasteiger partial charge in [0.25, 0.3) is 0 Å². The van der Waals surface area contributed by atoms with E-state index in [1.54, 1.807) is 54.6 Å². The molecule has 8 heteroatoms. The highest BCUT2D eigenvalue weighted by atomic mass is 32.3. The summed E-state index contributed by atoms with van der Waals surface area (Å²) in [6.07, 6.45) is 0. The first-order valence-corrected chi connectivity index (χ1v) is 19.6. The van der Waals surface area contributed by atoms with Gasteiger partial charge < -0.3 is 18.4 Å². The van der Waals surface area contributed by atoms with Gasteiger partial charge in [0, 0.05) is 26.3 Å². The van der Waals surface area contributed by atoms with Gasteiger partial charge in [-0.1, -0.05) is 103 Å². The highest BCUT2D eigenvalue weighted by molar-refractivity contribution is 8.30. The van der Waals surface area contributed by atoms with Gasteiger partial charge in [-0.05, 0) is 113 Å². The van der Waals surface area contributed by atoms with Crippen LogP contribution in [0.3, 0.4) is 0 Å². The molecule has 0 atom stereocenters. The molecule has 0 aliphatic carbocycles. The lowest BCUT2D eigenvalue weighted by Crippen LogP contribution is -2.15. The SMILES string of the molecule is O=C(OS(c1ccccc1)(c1ccc(F)cc1)c1ccc(F)cc1)c1cc(Oc2ccccc2)c(Oc2ccccc2)c(Oc2ccccc2)c1-c1ccccc1. The molecule has 0 aromatic heterocycles. The van der Waals surface area contributed by atoms with Gasteiger partial charge in [-0.2, -0.15) is 0 Å². The summed E-state index contributed by atoms with van der Waals surface area (Å²) in [5.74, 6) is 0.370. The lowest BCUT2D eigenvalue weighted by molar-refractivity contribution is 0.0757. The average Bonchev–Trinajstić information content (AvgIpc) is 3.26. The summed E-state index contributed by atoms with van der Waals surface area (Å²) in [4.78, 5) is 17.1. The molecular formula is C49H34F2O5S. The number of halogens is 2. The zero-order valence-electron chi connectivity index (χ0n) is 30.3. The van der Waals surface area contributed by atoms with Crippen LogP contribution >= 0.6 is 10.3 Å². The summed E-state index contributed by atoms with van der Waals surface area (Å²) in [6, 6.07) is 59.3. The summed E-state index contributed by atoms with van der Waals surface area (Å²) < 4.78 is 56.0. The third-order valence-electron chi connectivity index (χ3n) is 8.95. The largest absolute Gasteiger partial charge is 0.453 e. The van der Waals surface area contributed by atoms with Crippen molar-refractivity contribution in [3.05, 3.63) is 223 Å². The van der Waals surface area contributed by atoms with Crippen molar-refractivity contribution in [2.75, 3.05) is 0 Å². The fraction of sp³-hybridized carbons (Fsp3) is 0. The van der Waals surface area contributed by atoms with Crippen LogP contribution in [-0.2, 0) is 4.18 Å². The highest BCUT2D eigenvalue weighted by Crippen LogP contribution is 2.69. The number of para-hydroxylation sites is 3. The van der Waals surface area contributed by atoms with E-state index in [0.717, 1.165) is 0 Å². The Morgan fingerprint density at radius 2 is 0.807 bits per heavy atom. The molecule has 0 N–H and O–H groups in total. The molecule has 0 aliphatic heterocycles. The molecule has 0 fully saturated rings. The number of ether oxygens (including phenoxy) is 3. The standard InChI is InChI=1S/C49H34F2O5S/c50-36-26-30-42(31-27-36)57(41-24-14-5-15-25-41,43-32-28-37(51)29-33-43)56-49(52)44-34-45(53-38-18-8-2-9-19-38)47(54-39-20-10-3-11-21-39)48(55-40-22-12-4-13-23-40)46(44)35-16-6-1-7-17-35/h1-34H. The zero-order valence-corrected chi connectivity index (χ0v) is 31.2. The molecule has 0 unspecified atom stereocenters. The number of carbonyl (C=O) groups excluding carboxylic acids is 1. The lowest BCUT2D eigenvalue weighted by atomic mass is 9.97. The van der Waals surface area contributed by atoms with Gasteiger partial charge in [-0.3, -0.25) is 0 Å². The number of hydrogen-bond acceptors (Lipinski definition) is 5. The van der Waals surface area contributed by atoms with Gasteiger partial charge >= 0.3 is 5.97 Å². The van der Waals surface area contributed by atoms with E-state index in [1.165, 1.54) is 24.3 Å². The Kier molecular flexibility index (Phi) is 10.8. The fourth-order valence-electron chi connectivity index (χ4n) is 6.34. The van der Waals surface area contributed by atoms with E-state index >= 15 is 4.79 Å². The fourth-order valence-corrected chi connectivity index (χ4v) is 9.34. The van der Waals surface area contributed by atoms with E-state index in [-0.39, 0.29) is 22.8 Å². The highest BCUT2D eigenvalue weighted by Gasteiger charge is 2.38. The minimum absolute atomic E-state index is 0.0931. The van der Waals surface area contributed by atoms with E-state index in [2.05, 4.69) is 0 Å². The van der Waals surface area contributed by atoms with Crippen LogP contribution in [0.5, 0.6) is 34.5 Å². The maximum Gasteiger partial charge on any atom is 0.350 e. The summed E-state index contributed by atoms with van der Waals surface area (Å²) in [5.41, 5.74) is 1.09. The van der Waals surface area contributed by atoms with E-state index in [1.807, 2.05) is 127 Å². The maximum absolute atomic E-state index is 15.5. The molecule has 8 aromatic carbocycles. The van der Waals surface area contributed by atoms with E-state index in [9.17, 15) is 8.78 Å². The first kappa shape index (κ1) is 36.8. The number of benzene rings is 8. The van der Waals surface area contributed by atoms with Gasteiger partial charge in [0.05, 0.1) is 5.56 Å². The summed E-state index contributed by atoms with van der Waals surface area (Å²) in [7, 11) is -3.01. The number of carbonyl (C=O) groups is 1. The van der Waals surface area contributed by atoms with E-state index < -0.39 is 27.9 Å². The molecule has 0 spiro atoms. The molecular weight excluding hydrogens is 739 g/mol. The van der Waals surface area contributed by atoms with Gasteiger partial charge in [0.1, 0.15) is 28.9 Å². The van der Waals surface area contributed by atoms with Crippen LogP contribution in [0, 0.1) is 11.6 Å². The molecule has 0 radical (unpaired) electrons. The Morgan fingerprint density at radius 1 is 0.421 bits per heavy atom. The zero-order chi connectivity index (χ0) is 39.0. The molecule has 8 aromatic rings. The molecule has 0 bridgehead atoms. The van der Waals surface area contributed by atoms with Crippen molar-refractivity contribution in [2.24, 2.45) is 0 Å². The molecule has 0 saturated heterocycles. The van der Waals surface area contributed by atoms with Crippen molar-refractivity contribution in [3.63, 3.8) is 0 Å². The van der Waals surface area contributed by atoms with Gasteiger partial charge in [-0.15, -0.1) is 0 Å². The van der Waals surface area contributed by atoms with Crippen LogP contribution in [0.4, 0.5) is 8.78 Å². The van der Waals surface area contributed by atoms with Crippen LogP contribution in [0.15, 0.2) is 221 Å². The van der Waals surface area contributed by atoms with Crippen molar-refractivity contribution in [3.8, 4) is 45.6 Å². The van der Waals surface area contributed by atoms with Crippen molar-refractivity contribution >= 4 is 16.3 Å². The Balaban J connectivity index is 1.42. The monoisotopic (exact) mass is 772 g/mol. The Labute approximate surface area is 330 Å².